The van der Waals surface area contributed by atoms with Gasteiger partial charge in [-0.25, -0.2) is 0 Å². The van der Waals surface area contributed by atoms with Crippen molar-refractivity contribution in [2.75, 3.05) is 0 Å². The van der Waals surface area contributed by atoms with E-state index in [1.54, 1.807) is 28.8 Å². The summed E-state index contributed by atoms with van der Waals surface area (Å²) < 4.78 is 1.56. The molecule has 0 N–H and O–H groups in total. The van der Waals surface area contributed by atoms with Crippen LogP contribution < -0.4 is 0 Å². The van der Waals surface area contributed by atoms with E-state index in [0.717, 1.165) is 12.0 Å². The Morgan fingerprint density at radius 3 is 1.96 bits per heavy atom. The maximum Gasteiger partial charge on any atom is 0.228 e. The predicted molar refractivity (Wildman–Crippen MR) is 103 cm³/mol. The van der Waals surface area contributed by atoms with Gasteiger partial charge in [0, 0.05) is 23.7 Å². The lowest BCUT2D eigenvalue weighted by molar-refractivity contribution is 0.0935. The molecule has 0 fully saturated rings. The molecule has 0 radical (unpaired) electrons. The van der Waals surface area contributed by atoms with Crippen molar-refractivity contribution >= 4 is 17.5 Å². The molecule has 1 heterocycles. The van der Waals surface area contributed by atoms with Crippen LogP contribution in [0.2, 0.25) is 0 Å². The quantitative estimate of drug-likeness (QED) is 0.541. The third-order valence-corrected chi connectivity index (χ3v) is 4.99. The highest BCUT2D eigenvalue weighted by Gasteiger charge is 2.38. The minimum atomic E-state index is -0.198. The van der Waals surface area contributed by atoms with Crippen molar-refractivity contribution < 1.29 is 14.4 Å². The largest absolute Gasteiger partial charge is 0.288 e. The normalized spacial score (nSPS) is 12.7. The van der Waals surface area contributed by atoms with E-state index >= 15 is 0 Å². The third-order valence-electron chi connectivity index (χ3n) is 4.99. The average Bonchev–Trinajstić information content (AvgIpc) is 3.03. The number of ketones is 2. The molecule has 0 unspecified atom stereocenters. The number of carbonyl (C=O) groups is 3. The molecule has 0 bridgehead atoms. The molecular formula is C23H19NO3. The molecule has 3 aromatic rings. The summed E-state index contributed by atoms with van der Waals surface area (Å²) in [7, 11) is 0. The Hall–Kier alpha value is -3.27. The third kappa shape index (κ3) is 2.48. The molecule has 1 aromatic heterocycles. The van der Waals surface area contributed by atoms with Gasteiger partial charge in [-0.2, -0.15) is 0 Å². The summed E-state index contributed by atoms with van der Waals surface area (Å²) in [6.45, 7) is 3.47. The summed E-state index contributed by atoms with van der Waals surface area (Å²) in [5.41, 5.74) is 3.45. The Morgan fingerprint density at radius 1 is 0.852 bits per heavy atom. The van der Waals surface area contributed by atoms with Crippen molar-refractivity contribution in [1.82, 2.24) is 4.57 Å². The average molecular weight is 357 g/mol. The Labute approximate surface area is 157 Å². The summed E-state index contributed by atoms with van der Waals surface area (Å²) in [5.74, 6) is -0.575. The van der Waals surface area contributed by atoms with E-state index in [2.05, 4.69) is 0 Å². The maximum absolute atomic E-state index is 13.4. The van der Waals surface area contributed by atoms with Crippen LogP contribution in [-0.2, 0) is 6.42 Å². The van der Waals surface area contributed by atoms with Crippen LogP contribution >= 0.6 is 0 Å². The lowest BCUT2D eigenvalue weighted by atomic mass is 9.83. The molecule has 0 saturated carbocycles. The number of nitrogens with zero attached hydrogens (tertiary/aromatic N) is 1. The first kappa shape index (κ1) is 17.2. The number of rotatable bonds is 3. The molecule has 134 valence electrons. The van der Waals surface area contributed by atoms with Crippen LogP contribution in [0.1, 0.15) is 62.6 Å². The van der Waals surface area contributed by atoms with Gasteiger partial charge in [0.05, 0.1) is 16.8 Å². The summed E-state index contributed by atoms with van der Waals surface area (Å²) in [4.78, 5) is 39.2. The molecule has 1 aliphatic carbocycles. The summed E-state index contributed by atoms with van der Waals surface area (Å²) >= 11 is 0. The minimum Gasteiger partial charge on any atom is -0.288 e. The van der Waals surface area contributed by atoms with E-state index < -0.39 is 0 Å². The van der Waals surface area contributed by atoms with Gasteiger partial charge in [0.2, 0.25) is 5.91 Å². The first-order valence-corrected chi connectivity index (χ1v) is 9.08. The number of aromatic nitrogens is 1. The standard InChI is InChI=1S/C23H19NO3/c1-3-9-18-19-20(23(27)17-13-8-7-12-16(17)22(19)26)21(24(18)14(2)25)15-10-5-4-6-11-15/h4-8,10-13H,3,9H2,1-2H3. The van der Waals surface area contributed by atoms with Crippen molar-refractivity contribution in [1.29, 1.82) is 0 Å². The van der Waals surface area contributed by atoms with Gasteiger partial charge < -0.3 is 0 Å². The molecule has 4 heteroatoms. The van der Waals surface area contributed by atoms with Crippen LogP contribution in [0, 0.1) is 0 Å². The van der Waals surface area contributed by atoms with Crippen LogP contribution in [0.15, 0.2) is 54.6 Å². The Bertz CT molecular complexity index is 1090. The van der Waals surface area contributed by atoms with Crippen LogP contribution in [0.4, 0.5) is 0 Å². The van der Waals surface area contributed by atoms with E-state index in [4.69, 9.17) is 0 Å². The Balaban J connectivity index is 2.14. The number of fused-ring (bicyclic) bond motifs is 2. The molecule has 0 aliphatic heterocycles. The molecule has 4 rings (SSSR count). The zero-order valence-corrected chi connectivity index (χ0v) is 15.3. The molecule has 0 amide bonds. The van der Waals surface area contributed by atoms with Gasteiger partial charge in [0.15, 0.2) is 11.6 Å². The number of hydrogen-bond donors (Lipinski definition) is 0. The Morgan fingerprint density at radius 2 is 1.41 bits per heavy atom. The first-order chi connectivity index (χ1) is 13.1. The summed E-state index contributed by atoms with van der Waals surface area (Å²) in [5, 5.41) is 0. The highest BCUT2D eigenvalue weighted by atomic mass is 16.2. The van der Waals surface area contributed by atoms with Crippen molar-refractivity contribution in [3.63, 3.8) is 0 Å². The first-order valence-electron chi connectivity index (χ1n) is 9.08. The summed E-state index contributed by atoms with van der Waals surface area (Å²) in [6, 6.07) is 16.2. The molecule has 0 spiro atoms. The van der Waals surface area contributed by atoms with Crippen molar-refractivity contribution in [3.8, 4) is 11.3 Å². The smallest absolute Gasteiger partial charge is 0.228 e. The molecule has 2 aromatic carbocycles. The lowest BCUT2D eigenvalue weighted by Gasteiger charge is -2.16. The second kappa shape index (κ2) is 6.47. The fourth-order valence-corrected chi connectivity index (χ4v) is 3.93. The monoisotopic (exact) mass is 357 g/mol. The van der Waals surface area contributed by atoms with Crippen molar-refractivity contribution in [2.24, 2.45) is 0 Å². The second-order valence-corrected chi connectivity index (χ2v) is 6.72. The Kier molecular flexibility index (Phi) is 4.11. The zero-order valence-electron chi connectivity index (χ0n) is 15.3. The van der Waals surface area contributed by atoms with Crippen molar-refractivity contribution in [2.45, 2.75) is 26.7 Å². The van der Waals surface area contributed by atoms with Crippen LogP contribution in [0.3, 0.4) is 0 Å². The van der Waals surface area contributed by atoms with Crippen LogP contribution in [0.5, 0.6) is 0 Å². The zero-order chi connectivity index (χ0) is 19.1. The van der Waals surface area contributed by atoms with E-state index in [1.165, 1.54) is 6.92 Å². The minimum absolute atomic E-state index is 0.180. The van der Waals surface area contributed by atoms with Gasteiger partial charge >= 0.3 is 0 Å². The molecule has 1 aliphatic rings. The van der Waals surface area contributed by atoms with E-state index in [9.17, 15) is 14.4 Å². The SMILES string of the molecule is CCCc1c2c(c(-c3ccccc3)n1C(C)=O)C(=O)c1ccccc1C2=O. The van der Waals surface area contributed by atoms with E-state index in [-0.39, 0.29) is 17.5 Å². The van der Waals surface area contributed by atoms with Crippen LogP contribution in [0.25, 0.3) is 11.3 Å². The van der Waals surface area contributed by atoms with E-state index in [1.807, 2.05) is 37.3 Å². The van der Waals surface area contributed by atoms with Gasteiger partial charge in [-0.1, -0.05) is 67.9 Å². The fourth-order valence-electron chi connectivity index (χ4n) is 3.93. The highest BCUT2D eigenvalue weighted by Crippen LogP contribution is 2.39. The van der Waals surface area contributed by atoms with Gasteiger partial charge in [-0.05, 0) is 12.0 Å². The second-order valence-electron chi connectivity index (χ2n) is 6.72. The topological polar surface area (TPSA) is 56.1 Å². The fraction of sp³-hybridized carbons (Fsp3) is 0.174. The van der Waals surface area contributed by atoms with E-state index in [0.29, 0.717) is 40.1 Å². The molecule has 4 nitrogen and oxygen atoms in total. The van der Waals surface area contributed by atoms with Crippen LogP contribution in [-0.4, -0.2) is 22.0 Å². The molecule has 27 heavy (non-hydrogen) atoms. The predicted octanol–water partition coefficient (Wildman–Crippen LogP) is 4.54. The summed E-state index contributed by atoms with van der Waals surface area (Å²) in [6.07, 6.45) is 1.32. The van der Waals surface area contributed by atoms with Gasteiger partial charge in [-0.3, -0.25) is 19.0 Å². The van der Waals surface area contributed by atoms with Gasteiger partial charge in [0.25, 0.3) is 0 Å². The van der Waals surface area contributed by atoms with Crippen molar-refractivity contribution in [3.05, 3.63) is 82.5 Å². The molecule has 0 atom stereocenters. The lowest BCUT2D eigenvalue weighted by Crippen LogP contribution is -2.20. The number of hydrogen-bond acceptors (Lipinski definition) is 3. The van der Waals surface area contributed by atoms with Gasteiger partial charge in [0.1, 0.15) is 0 Å². The highest BCUT2D eigenvalue weighted by molar-refractivity contribution is 6.31. The van der Waals surface area contributed by atoms with Gasteiger partial charge in [-0.15, -0.1) is 0 Å². The molecular weight excluding hydrogens is 338 g/mol. The molecule has 0 saturated heterocycles. The number of benzene rings is 2. The maximum atomic E-state index is 13.4. The number of carbonyl (C=O) groups excluding carboxylic acids is 3.